The summed E-state index contributed by atoms with van der Waals surface area (Å²) in [6.07, 6.45) is 3.71. The van der Waals surface area contributed by atoms with Crippen molar-refractivity contribution < 1.29 is 4.79 Å². The van der Waals surface area contributed by atoms with Crippen molar-refractivity contribution in [1.29, 1.82) is 0 Å². The van der Waals surface area contributed by atoms with E-state index in [2.05, 4.69) is 28.1 Å². The van der Waals surface area contributed by atoms with Crippen LogP contribution in [0.5, 0.6) is 0 Å². The van der Waals surface area contributed by atoms with Crippen LogP contribution in [0.4, 0.5) is 0 Å². The molecule has 0 saturated heterocycles. The number of carbonyl (C=O) groups excluding carboxylic acids is 1. The Morgan fingerprint density at radius 3 is 2.50 bits per heavy atom. The minimum absolute atomic E-state index is 0.0186. The summed E-state index contributed by atoms with van der Waals surface area (Å²) in [6.45, 7) is 5.07. The number of carbonyl (C=O) groups is 1. The van der Waals surface area contributed by atoms with Gasteiger partial charge in [0.15, 0.2) is 0 Å². The molecule has 2 aromatic carbocycles. The van der Waals surface area contributed by atoms with Gasteiger partial charge in [-0.05, 0) is 37.4 Å². The van der Waals surface area contributed by atoms with E-state index in [0.717, 1.165) is 5.52 Å². The molecule has 1 N–H and O–H groups in total. The summed E-state index contributed by atoms with van der Waals surface area (Å²) in [5.41, 5.74) is 1.61. The van der Waals surface area contributed by atoms with Crippen LogP contribution in [0.2, 0.25) is 0 Å². The Kier molecular flexibility index (Phi) is 4.74. The molecule has 0 aliphatic rings. The first-order valence-corrected chi connectivity index (χ1v) is 9.52. The van der Waals surface area contributed by atoms with Gasteiger partial charge in [0.1, 0.15) is 0 Å². The molecule has 4 rings (SSSR count). The average molecular weight is 373 g/mol. The SMILES string of the molecule is CC(C)n1cc(C(=O)NCCn2ccc3ccccc32)c2ccccc2c1=O. The lowest BCUT2D eigenvalue weighted by Gasteiger charge is -2.15. The maximum absolute atomic E-state index is 12.9. The second kappa shape index (κ2) is 7.35. The number of hydrogen-bond acceptors (Lipinski definition) is 2. The summed E-state index contributed by atoms with van der Waals surface area (Å²) in [5.74, 6) is -0.165. The Labute approximate surface area is 163 Å². The zero-order valence-electron chi connectivity index (χ0n) is 16.1. The van der Waals surface area contributed by atoms with Crippen LogP contribution in [0, 0.1) is 0 Å². The molecule has 0 fully saturated rings. The van der Waals surface area contributed by atoms with Crippen LogP contribution in [0.3, 0.4) is 0 Å². The predicted octanol–water partition coefficient (Wildman–Crippen LogP) is 3.97. The number of aromatic nitrogens is 2. The zero-order chi connectivity index (χ0) is 19.7. The van der Waals surface area contributed by atoms with E-state index in [1.807, 2.05) is 50.4 Å². The Morgan fingerprint density at radius 2 is 1.71 bits per heavy atom. The fourth-order valence-corrected chi connectivity index (χ4v) is 3.60. The molecule has 142 valence electrons. The summed E-state index contributed by atoms with van der Waals surface area (Å²) in [7, 11) is 0. The van der Waals surface area contributed by atoms with E-state index in [9.17, 15) is 9.59 Å². The molecule has 5 nitrogen and oxygen atoms in total. The second-order valence-corrected chi connectivity index (χ2v) is 7.22. The van der Waals surface area contributed by atoms with Crippen LogP contribution >= 0.6 is 0 Å². The summed E-state index contributed by atoms with van der Waals surface area (Å²) < 4.78 is 3.75. The maximum atomic E-state index is 12.9. The monoisotopic (exact) mass is 373 g/mol. The number of hydrogen-bond donors (Lipinski definition) is 1. The van der Waals surface area contributed by atoms with Gasteiger partial charge in [-0.3, -0.25) is 9.59 Å². The first-order chi connectivity index (χ1) is 13.6. The molecule has 0 unspecified atom stereocenters. The lowest BCUT2D eigenvalue weighted by Crippen LogP contribution is -2.30. The number of fused-ring (bicyclic) bond motifs is 2. The molecular weight excluding hydrogens is 350 g/mol. The van der Waals surface area contributed by atoms with Gasteiger partial charge in [0.05, 0.1) is 5.56 Å². The molecule has 0 radical (unpaired) electrons. The van der Waals surface area contributed by atoms with Gasteiger partial charge in [-0.15, -0.1) is 0 Å². The smallest absolute Gasteiger partial charge is 0.258 e. The lowest BCUT2D eigenvalue weighted by atomic mass is 10.1. The fourth-order valence-electron chi connectivity index (χ4n) is 3.60. The van der Waals surface area contributed by atoms with Crippen molar-refractivity contribution in [1.82, 2.24) is 14.5 Å². The summed E-state index contributed by atoms with van der Waals surface area (Å²) in [4.78, 5) is 25.6. The Morgan fingerprint density at radius 1 is 1.00 bits per heavy atom. The molecule has 0 atom stereocenters. The van der Waals surface area contributed by atoms with Gasteiger partial charge < -0.3 is 14.5 Å². The number of pyridine rings is 1. The minimum Gasteiger partial charge on any atom is -0.350 e. The molecule has 0 aliphatic heterocycles. The number of nitrogens with zero attached hydrogens (tertiary/aromatic N) is 2. The van der Waals surface area contributed by atoms with E-state index >= 15 is 0 Å². The van der Waals surface area contributed by atoms with E-state index in [0.29, 0.717) is 29.4 Å². The van der Waals surface area contributed by atoms with E-state index in [1.54, 1.807) is 16.8 Å². The van der Waals surface area contributed by atoms with Crippen molar-refractivity contribution in [2.45, 2.75) is 26.4 Å². The number of amides is 1. The van der Waals surface area contributed by atoms with Gasteiger partial charge in [0, 0.05) is 47.8 Å². The molecule has 0 bridgehead atoms. The van der Waals surface area contributed by atoms with E-state index in [4.69, 9.17) is 0 Å². The number of benzene rings is 2. The van der Waals surface area contributed by atoms with Crippen molar-refractivity contribution in [3.05, 3.63) is 82.9 Å². The Balaban J connectivity index is 1.59. The molecule has 0 saturated carbocycles. The van der Waals surface area contributed by atoms with Crippen molar-refractivity contribution in [2.75, 3.05) is 6.54 Å². The lowest BCUT2D eigenvalue weighted by molar-refractivity contribution is 0.0953. The van der Waals surface area contributed by atoms with E-state index in [-0.39, 0.29) is 17.5 Å². The van der Waals surface area contributed by atoms with Gasteiger partial charge in [-0.25, -0.2) is 0 Å². The molecule has 2 aromatic heterocycles. The molecule has 2 heterocycles. The predicted molar refractivity (Wildman–Crippen MR) is 113 cm³/mol. The largest absolute Gasteiger partial charge is 0.350 e. The highest BCUT2D eigenvalue weighted by molar-refractivity contribution is 6.06. The fraction of sp³-hybridized carbons (Fsp3) is 0.217. The topological polar surface area (TPSA) is 56.0 Å². The molecule has 0 aliphatic carbocycles. The first kappa shape index (κ1) is 18.0. The highest BCUT2D eigenvalue weighted by Gasteiger charge is 2.15. The average Bonchev–Trinajstić information content (AvgIpc) is 3.11. The molecule has 0 spiro atoms. The van der Waals surface area contributed by atoms with Crippen molar-refractivity contribution in [3.63, 3.8) is 0 Å². The number of nitrogens with one attached hydrogen (secondary N) is 1. The molecule has 5 heteroatoms. The molecule has 1 amide bonds. The maximum Gasteiger partial charge on any atom is 0.258 e. The molecular formula is C23H23N3O2. The normalized spacial score (nSPS) is 11.4. The van der Waals surface area contributed by atoms with Crippen molar-refractivity contribution in [2.24, 2.45) is 0 Å². The third-order valence-electron chi connectivity index (χ3n) is 5.07. The highest BCUT2D eigenvalue weighted by atomic mass is 16.2. The third-order valence-corrected chi connectivity index (χ3v) is 5.07. The van der Waals surface area contributed by atoms with Gasteiger partial charge >= 0.3 is 0 Å². The zero-order valence-corrected chi connectivity index (χ0v) is 16.1. The summed E-state index contributed by atoms with van der Waals surface area (Å²) >= 11 is 0. The Hall–Kier alpha value is -3.34. The van der Waals surface area contributed by atoms with Crippen LogP contribution in [-0.2, 0) is 6.54 Å². The van der Waals surface area contributed by atoms with Crippen LogP contribution < -0.4 is 10.9 Å². The van der Waals surface area contributed by atoms with E-state index in [1.165, 1.54) is 5.39 Å². The summed E-state index contributed by atoms with van der Waals surface area (Å²) in [5, 5.41) is 5.45. The third kappa shape index (κ3) is 3.20. The summed E-state index contributed by atoms with van der Waals surface area (Å²) in [6, 6.07) is 17.5. The first-order valence-electron chi connectivity index (χ1n) is 9.52. The van der Waals surface area contributed by atoms with Gasteiger partial charge in [0.2, 0.25) is 0 Å². The van der Waals surface area contributed by atoms with Gasteiger partial charge in [0.25, 0.3) is 11.5 Å². The Bertz CT molecular complexity index is 1220. The van der Waals surface area contributed by atoms with Crippen LogP contribution in [0.15, 0.2) is 71.8 Å². The second-order valence-electron chi connectivity index (χ2n) is 7.22. The van der Waals surface area contributed by atoms with Gasteiger partial charge in [-0.1, -0.05) is 36.4 Å². The molecule has 4 aromatic rings. The quantitative estimate of drug-likeness (QED) is 0.576. The molecule has 28 heavy (non-hydrogen) atoms. The number of rotatable bonds is 5. The van der Waals surface area contributed by atoms with Crippen molar-refractivity contribution in [3.8, 4) is 0 Å². The van der Waals surface area contributed by atoms with E-state index < -0.39 is 0 Å². The standard InChI is InChI=1S/C23H23N3O2/c1-16(2)26-15-20(18-8-4-5-9-19(18)23(26)28)22(27)24-12-14-25-13-11-17-7-3-6-10-21(17)25/h3-11,13,15-16H,12,14H2,1-2H3,(H,24,27). The minimum atomic E-state index is -0.165. The van der Waals surface area contributed by atoms with Crippen LogP contribution in [0.1, 0.15) is 30.2 Å². The van der Waals surface area contributed by atoms with Crippen molar-refractivity contribution >= 4 is 27.6 Å². The van der Waals surface area contributed by atoms with Gasteiger partial charge in [-0.2, -0.15) is 0 Å². The van der Waals surface area contributed by atoms with Crippen LogP contribution in [0.25, 0.3) is 21.7 Å². The highest BCUT2D eigenvalue weighted by Crippen LogP contribution is 2.18. The van der Waals surface area contributed by atoms with Crippen LogP contribution in [-0.4, -0.2) is 21.6 Å². The number of para-hydroxylation sites is 1.